The normalized spacial score (nSPS) is 10.7. The van der Waals surface area contributed by atoms with Crippen LogP contribution in [0.25, 0.3) is 0 Å². The van der Waals surface area contributed by atoms with Gasteiger partial charge >= 0.3 is 0 Å². The van der Waals surface area contributed by atoms with Gasteiger partial charge in [0.2, 0.25) is 0 Å². The van der Waals surface area contributed by atoms with Crippen molar-refractivity contribution in [2.75, 3.05) is 5.32 Å². The lowest BCUT2D eigenvalue weighted by molar-refractivity contribution is 0.102. The molecule has 4 rings (SSSR count). The highest BCUT2D eigenvalue weighted by molar-refractivity contribution is 9.10. The maximum atomic E-state index is 12.8. The average molecular weight is 483 g/mol. The predicted octanol–water partition coefficient (Wildman–Crippen LogP) is 5.29. The minimum atomic E-state index is -0.220. The molecule has 0 fully saturated rings. The quantitative estimate of drug-likeness (QED) is 0.388. The van der Waals surface area contributed by atoms with Gasteiger partial charge in [0, 0.05) is 21.5 Å². The van der Waals surface area contributed by atoms with E-state index in [1.165, 1.54) is 0 Å². The van der Waals surface area contributed by atoms with Crippen molar-refractivity contribution in [2.45, 2.75) is 20.1 Å². The third-order valence-corrected chi connectivity index (χ3v) is 5.70. The number of aromatic nitrogens is 3. The number of carbonyl (C=O) groups is 1. The van der Waals surface area contributed by atoms with Gasteiger partial charge in [-0.05, 0) is 42.8 Å². The fourth-order valence-corrected chi connectivity index (χ4v) is 3.74. The number of thiazole rings is 1. The van der Waals surface area contributed by atoms with Crippen molar-refractivity contribution >= 4 is 39.0 Å². The Hall–Kier alpha value is -2.97. The predicted molar refractivity (Wildman–Crippen MR) is 121 cm³/mol. The Morgan fingerprint density at radius 1 is 1.20 bits per heavy atom. The van der Waals surface area contributed by atoms with Crippen LogP contribution in [0.4, 0.5) is 5.82 Å². The molecule has 30 heavy (non-hydrogen) atoms. The molecule has 0 saturated heterocycles. The van der Waals surface area contributed by atoms with Gasteiger partial charge in [-0.1, -0.05) is 34.1 Å². The minimum Gasteiger partial charge on any atom is -0.487 e. The van der Waals surface area contributed by atoms with Crippen molar-refractivity contribution in [3.63, 3.8) is 0 Å². The summed E-state index contributed by atoms with van der Waals surface area (Å²) in [5, 5.41) is 10.2. The third-order valence-electron chi connectivity index (χ3n) is 4.35. The van der Waals surface area contributed by atoms with Crippen LogP contribution in [0, 0.1) is 6.92 Å². The zero-order valence-electron chi connectivity index (χ0n) is 16.2. The lowest BCUT2D eigenvalue weighted by Gasteiger charge is -2.10. The first kappa shape index (κ1) is 20.3. The Morgan fingerprint density at radius 3 is 2.80 bits per heavy atom. The van der Waals surface area contributed by atoms with Crippen LogP contribution in [-0.2, 0) is 13.2 Å². The molecule has 0 radical (unpaired) electrons. The van der Waals surface area contributed by atoms with Gasteiger partial charge in [-0.25, -0.2) is 9.67 Å². The van der Waals surface area contributed by atoms with E-state index in [2.05, 4.69) is 31.3 Å². The van der Waals surface area contributed by atoms with E-state index >= 15 is 0 Å². The average Bonchev–Trinajstić information content (AvgIpc) is 3.37. The molecule has 6 nitrogen and oxygen atoms in total. The summed E-state index contributed by atoms with van der Waals surface area (Å²) in [7, 11) is 0. The summed E-state index contributed by atoms with van der Waals surface area (Å²) in [6.07, 6.45) is 1.67. The van der Waals surface area contributed by atoms with Gasteiger partial charge in [0.25, 0.3) is 5.91 Å². The Morgan fingerprint density at radius 2 is 2.03 bits per heavy atom. The summed E-state index contributed by atoms with van der Waals surface area (Å²) in [4.78, 5) is 17.2. The molecule has 8 heteroatoms. The SMILES string of the molecule is Cc1nc(COc2cccc(C(=O)Nc3ccnn3Cc3ccc(Br)cc3)c2)cs1. The molecule has 0 atom stereocenters. The number of aryl methyl sites for hydroxylation is 1. The number of hydrogen-bond acceptors (Lipinski definition) is 5. The highest BCUT2D eigenvalue weighted by Gasteiger charge is 2.11. The lowest BCUT2D eigenvalue weighted by Crippen LogP contribution is -2.16. The smallest absolute Gasteiger partial charge is 0.256 e. The summed E-state index contributed by atoms with van der Waals surface area (Å²) in [6.45, 7) is 2.89. The summed E-state index contributed by atoms with van der Waals surface area (Å²) >= 11 is 5.02. The van der Waals surface area contributed by atoms with Gasteiger partial charge in [0.15, 0.2) is 0 Å². The van der Waals surface area contributed by atoms with E-state index < -0.39 is 0 Å². The minimum absolute atomic E-state index is 0.220. The Labute approximate surface area is 186 Å². The van der Waals surface area contributed by atoms with Crippen LogP contribution in [0.1, 0.15) is 26.6 Å². The molecule has 0 aliphatic heterocycles. The van der Waals surface area contributed by atoms with Gasteiger partial charge in [0.1, 0.15) is 18.2 Å². The number of anilines is 1. The molecule has 4 aromatic rings. The highest BCUT2D eigenvalue weighted by atomic mass is 79.9. The van der Waals surface area contributed by atoms with Crippen molar-refractivity contribution in [1.29, 1.82) is 0 Å². The molecule has 2 aromatic carbocycles. The van der Waals surface area contributed by atoms with Gasteiger partial charge in [-0.2, -0.15) is 5.10 Å². The molecule has 0 aliphatic rings. The van der Waals surface area contributed by atoms with Gasteiger partial charge in [-0.15, -0.1) is 11.3 Å². The van der Waals surface area contributed by atoms with Crippen LogP contribution in [0.2, 0.25) is 0 Å². The van der Waals surface area contributed by atoms with E-state index in [1.807, 2.05) is 42.6 Å². The second-order valence-corrected chi connectivity index (χ2v) is 8.61. The van der Waals surface area contributed by atoms with Gasteiger partial charge in [-0.3, -0.25) is 4.79 Å². The molecule has 2 aromatic heterocycles. The van der Waals surface area contributed by atoms with E-state index in [0.717, 1.165) is 20.7 Å². The summed E-state index contributed by atoms with van der Waals surface area (Å²) in [5.74, 6) is 1.03. The molecule has 1 N–H and O–H groups in total. The molecular formula is C22H19BrN4O2S. The Balaban J connectivity index is 1.42. The zero-order valence-corrected chi connectivity index (χ0v) is 18.6. The molecule has 0 saturated carbocycles. The van der Waals surface area contributed by atoms with E-state index in [-0.39, 0.29) is 5.91 Å². The van der Waals surface area contributed by atoms with E-state index in [1.54, 1.807) is 46.5 Å². The number of ether oxygens (including phenoxy) is 1. The number of carbonyl (C=O) groups excluding carboxylic acids is 1. The molecule has 0 bridgehead atoms. The zero-order chi connectivity index (χ0) is 20.9. The monoisotopic (exact) mass is 482 g/mol. The maximum absolute atomic E-state index is 12.8. The molecule has 152 valence electrons. The number of amides is 1. The van der Waals surface area contributed by atoms with Crippen LogP contribution >= 0.6 is 27.3 Å². The second-order valence-electron chi connectivity index (χ2n) is 6.63. The van der Waals surface area contributed by atoms with Crippen LogP contribution in [0.5, 0.6) is 5.75 Å². The molecular weight excluding hydrogens is 464 g/mol. The number of nitrogens with one attached hydrogen (secondary N) is 1. The van der Waals surface area contributed by atoms with Crippen LogP contribution in [0.3, 0.4) is 0 Å². The second kappa shape index (κ2) is 9.23. The molecule has 1 amide bonds. The Bertz CT molecular complexity index is 1150. The number of halogens is 1. The first-order valence-electron chi connectivity index (χ1n) is 9.28. The standard InChI is InChI=1S/C22H19BrN4O2S/c1-15-25-19(14-30-15)13-29-20-4-2-3-17(11-20)22(28)26-21-9-10-24-27(21)12-16-5-7-18(23)8-6-16/h2-11,14H,12-13H2,1H3,(H,26,28). The van der Waals surface area contributed by atoms with Crippen molar-refractivity contribution in [2.24, 2.45) is 0 Å². The van der Waals surface area contributed by atoms with Crippen LogP contribution < -0.4 is 10.1 Å². The molecule has 0 spiro atoms. The van der Waals surface area contributed by atoms with Gasteiger partial charge in [0.05, 0.1) is 23.4 Å². The number of hydrogen-bond donors (Lipinski definition) is 1. The molecule has 0 aliphatic carbocycles. The molecule has 2 heterocycles. The summed E-state index contributed by atoms with van der Waals surface area (Å²) in [5.41, 5.74) is 2.48. The number of rotatable bonds is 7. The van der Waals surface area contributed by atoms with Crippen LogP contribution in [-0.4, -0.2) is 20.7 Å². The van der Waals surface area contributed by atoms with E-state index in [0.29, 0.717) is 30.3 Å². The van der Waals surface area contributed by atoms with Crippen LogP contribution in [0.15, 0.2) is 70.6 Å². The number of nitrogens with zero attached hydrogens (tertiary/aromatic N) is 3. The van der Waals surface area contributed by atoms with Crippen molar-refractivity contribution in [3.05, 3.63) is 92.5 Å². The van der Waals surface area contributed by atoms with Gasteiger partial charge < -0.3 is 10.1 Å². The first-order valence-corrected chi connectivity index (χ1v) is 11.0. The maximum Gasteiger partial charge on any atom is 0.256 e. The number of benzene rings is 2. The third kappa shape index (κ3) is 5.14. The van der Waals surface area contributed by atoms with Crippen molar-refractivity contribution in [3.8, 4) is 5.75 Å². The van der Waals surface area contributed by atoms with E-state index in [4.69, 9.17) is 4.74 Å². The fourth-order valence-electron chi connectivity index (χ4n) is 2.88. The Kier molecular flexibility index (Phi) is 6.25. The highest BCUT2D eigenvalue weighted by Crippen LogP contribution is 2.18. The lowest BCUT2D eigenvalue weighted by atomic mass is 10.2. The summed E-state index contributed by atoms with van der Waals surface area (Å²) < 4.78 is 8.56. The van der Waals surface area contributed by atoms with Crippen molar-refractivity contribution in [1.82, 2.24) is 14.8 Å². The van der Waals surface area contributed by atoms with Crippen molar-refractivity contribution < 1.29 is 9.53 Å². The first-order chi connectivity index (χ1) is 14.6. The summed E-state index contributed by atoms with van der Waals surface area (Å²) in [6, 6.07) is 16.9. The molecule has 0 unspecified atom stereocenters. The topological polar surface area (TPSA) is 69.0 Å². The van der Waals surface area contributed by atoms with E-state index in [9.17, 15) is 4.79 Å². The largest absolute Gasteiger partial charge is 0.487 e. The fraction of sp³-hybridized carbons (Fsp3) is 0.136.